The molecular formula is C29H26N2O4. The van der Waals surface area contributed by atoms with Crippen LogP contribution in [0.1, 0.15) is 33.0 Å². The van der Waals surface area contributed by atoms with Gasteiger partial charge in [0.25, 0.3) is 5.91 Å². The topological polar surface area (TPSA) is 70.1 Å². The highest BCUT2D eigenvalue weighted by Gasteiger charge is 2.54. The second-order valence-electron chi connectivity index (χ2n) is 8.80. The first kappa shape index (κ1) is 22.7. The van der Waals surface area contributed by atoms with Crippen LogP contribution >= 0.6 is 0 Å². The molecule has 2 fully saturated rings. The van der Waals surface area contributed by atoms with E-state index in [1.165, 1.54) is 0 Å². The number of carbonyl (C=O) groups excluding carboxylic acids is 2. The summed E-state index contributed by atoms with van der Waals surface area (Å²) < 4.78 is 5.25. The number of benzene rings is 3. The Hall–Kier alpha value is -4.08. The van der Waals surface area contributed by atoms with Gasteiger partial charge in [0, 0.05) is 29.2 Å². The zero-order chi connectivity index (χ0) is 24.4. The lowest BCUT2D eigenvalue weighted by Crippen LogP contribution is -2.73. The SMILES string of the molecule is COc1cccc(C#Cc2ccc([C@H]3[C@H](CO)N4C(=O)CN(C(=O)c5ccccc5)C[C@@H]34)cc2)c1. The van der Waals surface area contributed by atoms with Gasteiger partial charge in [-0.25, -0.2) is 0 Å². The molecule has 3 aromatic carbocycles. The Kier molecular flexibility index (Phi) is 6.26. The van der Waals surface area contributed by atoms with Crippen LogP contribution in [0.2, 0.25) is 0 Å². The fourth-order valence-electron chi connectivity index (χ4n) is 5.05. The van der Waals surface area contributed by atoms with Gasteiger partial charge in [-0.2, -0.15) is 0 Å². The Bertz CT molecular complexity index is 1290. The van der Waals surface area contributed by atoms with Crippen molar-refractivity contribution in [2.75, 3.05) is 26.8 Å². The second-order valence-corrected chi connectivity index (χ2v) is 8.80. The minimum absolute atomic E-state index is 0.0340. The van der Waals surface area contributed by atoms with Gasteiger partial charge in [0.15, 0.2) is 0 Å². The third kappa shape index (κ3) is 4.39. The summed E-state index contributed by atoms with van der Waals surface area (Å²) in [5.74, 6) is 6.77. The number of carbonyl (C=O) groups is 2. The van der Waals surface area contributed by atoms with Crippen molar-refractivity contribution < 1.29 is 19.4 Å². The normalized spacial score (nSPS) is 20.9. The van der Waals surface area contributed by atoms with Crippen molar-refractivity contribution >= 4 is 11.8 Å². The molecular weight excluding hydrogens is 440 g/mol. The van der Waals surface area contributed by atoms with Crippen LogP contribution in [0.4, 0.5) is 0 Å². The van der Waals surface area contributed by atoms with Crippen LogP contribution in [0, 0.1) is 11.8 Å². The lowest BCUT2D eigenvalue weighted by Gasteiger charge is -2.58. The van der Waals surface area contributed by atoms with Gasteiger partial charge < -0.3 is 19.6 Å². The van der Waals surface area contributed by atoms with Crippen molar-refractivity contribution in [3.05, 3.63) is 101 Å². The highest BCUT2D eigenvalue weighted by atomic mass is 16.5. The molecule has 0 unspecified atom stereocenters. The molecule has 6 nitrogen and oxygen atoms in total. The number of nitrogens with zero attached hydrogens (tertiary/aromatic N) is 2. The second kappa shape index (κ2) is 9.65. The monoisotopic (exact) mass is 466 g/mol. The zero-order valence-electron chi connectivity index (χ0n) is 19.4. The van der Waals surface area contributed by atoms with Gasteiger partial charge in [-0.05, 0) is 48.0 Å². The van der Waals surface area contributed by atoms with Crippen LogP contribution in [-0.4, -0.2) is 65.6 Å². The van der Waals surface area contributed by atoms with Crippen LogP contribution < -0.4 is 4.74 Å². The fraction of sp³-hybridized carbons (Fsp3) is 0.241. The molecule has 35 heavy (non-hydrogen) atoms. The molecule has 0 bridgehead atoms. The van der Waals surface area contributed by atoms with Gasteiger partial charge in [-0.15, -0.1) is 0 Å². The van der Waals surface area contributed by atoms with Crippen molar-refractivity contribution in [3.63, 3.8) is 0 Å². The first-order chi connectivity index (χ1) is 17.1. The smallest absolute Gasteiger partial charge is 0.254 e. The first-order valence-corrected chi connectivity index (χ1v) is 11.6. The molecule has 0 aromatic heterocycles. The molecule has 2 heterocycles. The van der Waals surface area contributed by atoms with E-state index in [-0.39, 0.29) is 43.0 Å². The van der Waals surface area contributed by atoms with Gasteiger partial charge in [0.1, 0.15) is 12.3 Å². The van der Waals surface area contributed by atoms with E-state index in [0.717, 1.165) is 22.4 Å². The van der Waals surface area contributed by atoms with Crippen LogP contribution in [0.15, 0.2) is 78.9 Å². The van der Waals surface area contributed by atoms with E-state index in [4.69, 9.17) is 4.74 Å². The van der Waals surface area contributed by atoms with Crippen LogP contribution in [-0.2, 0) is 4.79 Å². The summed E-state index contributed by atoms with van der Waals surface area (Å²) in [5, 5.41) is 10.0. The number of ether oxygens (including phenoxy) is 1. The number of methoxy groups -OCH3 is 1. The zero-order valence-corrected chi connectivity index (χ0v) is 19.4. The van der Waals surface area contributed by atoms with Gasteiger partial charge in [-0.3, -0.25) is 9.59 Å². The molecule has 2 aliphatic heterocycles. The van der Waals surface area contributed by atoms with Crippen LogP contribution in [0.3, 0.4) is 0 Å². The standard InChI is InChI=1S/C29H26N2O4/c1-35-24-9-5-6-21(16-24)11-10-20-12-14-22(15-13-20)28-25-17-30(18-27(33)31(25)26(28)19-32)29(34)23-7-3-2-4-8-23/h2-9,12-16,25-26,28,32H,17-19H2,1H3/t25-,26-,28+/m0/s1. The average Bonchev–Trinajstić information content (AvgIpc) is 2.89. The summed E-state index contributed by atoms with van der Waals surface area (Å²) >= 11 is 0. The molecule has 0 saturated carbocycles. The molecule has 2 amide bonds. The maximum absolute atomic E-state index is 13.0. The van der Waals surface area contributed by atoms with E-state index >= 15 is 0 Å². The molecule has 5 rings (SSSR count). The highest BCUT2D eigenvalue weighted by Crippen LogP contribution is 2.43. The number of piperazine rings is 1. The van der Waals surface area contributed by atoms with Crippen LogP contribution in [0.25, 0.3) is 0 Å². The summed E-state index contributed by atoms with van der Waals surface area (Å²) in [7, 11) is 1.63. The van der Waals surface area contributed by atoms with Gasteiger partial charge in [0.2, 0.25) is 5.91 Å². The number of hydrogen-bond acceptors (Lipinski definition) is 4. The number of rotatable bonds is 4. The quantitative estimate of drug-likeness (QED) is 0.601. The minimum atomic E-state index is -0.282. The summed E-state index contributed by atoms with van der Waals surface area (Å²) in [4.78, 5) is 29.2. The average molecular weight is 467 g/mol. The van der Waals surface area contributed by atoms with Crippen molar-refractivity contribution in [2.45, 2.75) is 18.0 Å². The molecule has 176 valence electrons. The fourth-order valence-corrected chi connectivity index (χ4v) is 5.05. The van der Waals surface area contributed by atoms with E-state index in [1.54, 1.807) is 29.0 Å². The molecule has 0 radical (unpaired) electrons. The molecule has 0 aliphatic carbocycles. The van der Waals surface area contributed by atoms with Crippen molar-refractivity contribution in [2.24, 2.45) is 0 Å². The van der Waals surface area contributed by atoms with E-state index in [1.807, 2.05) is 66.7 Å². The summed E-state index contributed by atoms with van der Waals surface area (Å²) in [6, 6.07) is 24.1. The third-order valence-corrected chi connectivity index (χ3v) is 6.78. The Morgan fingerprint density at radius 1 is 1.00 bits per heavy atom. The number of aliphatic hydroxyl groups excluding tert-OH is 1. The number of hydrogen-bond donors (Lipinski definition) is 1. The molecule has 1 N–H and O–H groups in total. The van der Waals surface area contributed by atoms with E-state index in [0.29, 0.717) is 12.1 Å². The van der Waals surface area contributed by atoms with E-state index < -0.39 is 0 Å². The predicted octanol–water partition coefficient (Wildman–Crippen LogP) is 2.91. The lowest BCUT2D eigenvalue weighted by molar-refractivity contribution is -0.159. The molecule has 2 saturated heterocycles. The van der Waals surface area contributed by atoms with Crippen molar-refractivity contribution in [1.29, 1.82) is 0 Å². The Balaban J connectivity index is 1.34. The van der Waals surface area contributed by atoms with Crippen molar-refractivity contribution in [1.82, 2.24) is 9.80 Å². The maximum Gasteiger partial charge on any atom is 0.254 e. The minimum Gasteiger partial charge on any atom is -0.497 e. The van der Waals surface area contributed by atoms with Gasteiger partial charge >= 0.3 is 0 Å². The predicted molar refractivity (Wildman–Crippen MR) is 132 cm³/mol. The number of aliphatic hydroxyl groups is 1. The van der Waals surface area contributed by atoms with Gasteiger partial charge in [0.05, 0.1) is 25.8 Å². The van der Waals surface area contributed by atoms with Crippen molar-refractivity contribution in [3.8, 4) is 17.6 Å². The summed E-state index contributed by atoms with van der Waals surface area (Å²) in [5.41, 5.74) is 3.34. The highest BCUT2D eigenvalue weighted by molar-refractivity contribution is 5.97. The van der Waals surface area contributed by atoms with E-state index in [9.17, 15) is 14.7 Å². The first-order valence-electron chi connectivity index (χ1n) is 11.6. The van der Waals surface area contributed by atoms with Gasteiger partial charge in [-0.1, -0.05) is 48.2 Å². The number of fused-ring (bicyclic) bond motifs is 1. The van der Waals surface area contributed by atoms with E-state index in [2.05, 4.69) is 11.8 Å². The van der Waals surface area contributed by atoms with Crippen LogP contribution in [0.5, 0.6) is 5.75 Å². The third-order valence-electron chi connectivity index (χ3n) is 6.78. The Morgan fingerprint density at radius 3 is 2.46 bits per heavy atom. The Labute approximate surface area is 204 Å². The molecule has 2 aliphatic rings. The largest absolute Gasteiger partial charge is 0.497 e. The molecule has 0 spiro atoms. The lowest BCUT2D eigenvalue weighted by atomic mass is 9.73. The summed E-state index contributed by atoms with van der Waals surface area (Å²) in [6.45, 7) is 0.362. The molecule has 3 atom stereocenters. The Morgan fingerprint density at radius 2 is 1.74 bits per heavy atom. The maximum atomic E-state index is 13.0. The number of amides is 2. The molecule has 6 heteroatoms. The summed E-state index contributed by atoms with van der Waals surface area (Å²) in [6.07, 6.45) is 0. The molecule has 3 aromatic rings.